The Hall–Kier alpha value is -1.68. The lowest BCUT2D eigenvalue weighted by Crippen LogP contribution is -2.15. The lowest BCUT2D eigenvalue weighted by atomic mass is 9.95. The van der Waals surface area contributed by atoms with E-state index in [4.69, 9.17) is 25.8 Å². The molecule has 0 saturated carbocycles. The molecule has 0 bridgehead atoms. The highest BCUT2D eigenvalue weighted by Gasteiger charge is 2.22. The smallest absolute Gasteiger partial charge is 0.338 e. The van der Waals surface area contributed by atoms with Crippen LogP contribution in [0.2, 0.25) is 5.02 Å². The van der Waals surface area contributed by atoms with Crippen LogP contribution in [-0.2, 0) is 4.74 Å². The van der Waals surface area contributed by atoms with E-state index in [0.717, 1.165) is 19.3 Å². The first-order valence-corrected chi connectivity index (χ1v) is 7.03. The molecule has 1 heterocycles. The molecule has 1 aliphatic carbocycles. The average molecular weight is 295 g/mol. The van der Waals surface area contributed by atoms with Gasteiger partial charge < -0.3 is 14.2 Å². The molecule has 4 nitrogen and oxygen atoms in total. The summed E-state index contributed by atoms with van der Waals surface area (Å²) in [6, 6.07) is 3.16. The maximum Gasteiger partial charge on any atom is 0.338 e. The van der Waals surface area contributed by atoms with Crippen molar-refractivity contribution in [3.63, 3.8) is 0 Å². The number of rotatable bonds is 3. The first-order chi connectivity index (χ1) is 9.74. The van der Waals surface area contributed by atoms with Gasteiger partial charge in [0.05, 0.1) is 17.2 Å². The molecule has 1 aromatic rings. The summed E-state index contributed by atoms with van der Waals surface area (Å²) in [4.78, 5) is 12.0. The Kier molecular flexibility index (Phi) is 3.83. The highest BCUT2D eigenvalue weighted by molar-refractivity contribution is 6.32. The van der Waals surface area contributed by atoms with E-state index < -0.39 is 0 Å². The first kappa shape index (κ1) is 13.3. The Bertz CT molecular complexity index is 553. The number of allylic oxidation sites excluding steroid dienone is 2. The fourth-order valence-electron chi connectivity index (χ4n) is 2.37. The molecule has 2 aliphatic rings. The van der Waals surface area contributed by atoms with Crippen molar-refractivity contribution in [2.45, 2.75) is 19.3 Å². The molecule has 1 atom stereocenters. The summed E-state index contributed by atoms with van der Waals surface area (Å²) in [5.74, 6) is 1.01. The standard InChI is InChI=1S/C15H15ClO4/c16-12-6-11(7-13-14(12)20-9-19-13)15(17)18-8-10-4-2-1-3-5-10/h1-2,6-7,10H,3-5,8-9H2. The number of halogens is 1. The average Bonchev–Trinajstić information content (AvgIpc) is 2.95. The third-order valence-corrected chi connectivity index (χ3v) is 3.77. The third-order valence-electron chi connectivity index (χ3n) is 3.49. The van der Waals surface area contributed by atoms with Gasteiger partial charge in [-0.15, -0.1) is 0 Å². The molecule has 1 unspecified atom stereocenters. The van der Waals surface area contributed by atoms with Crippen LogP contribution in [0, 0.1) is 5.92 Å². The number of benzene rings is 1. The summed E-state index contributed by atoms with van der Waals surface area (Å²) in [5, 5.41) is 0.368. The van der Waals surface area contributed by atoms with Gasteiger partial charge in [0.25, 0.3) is 0 Å². The van der Waals surface area contributed by atoms with Crippen molar-refractivity contribution in [1.82, 2.24) is 0 Å². The van der Waals surface area contributed by atoms with Gasteiger partial charge >= 0.3 is 5.97 Å². The Morgan fingerprint density at radius 3 is 3.05 bits per heavy atom. The largest absolute Gasteiger partial charge is 0.462 e. The molecule has 20 heavy (non-hydrogen) atoms. The Labute approximate surface area is 122 Å². The van der Waals surface area contributed by atoms with Crippen molar-refractivity contribution in [2.24, 2.45) is 5.92 Å². The summed E-state index contributed by atoms with van der Waals surface area (Å²) in [5.41, 5.74) is 0.394. The van der Waals surface area contributed by atoms with Gasteiger partial charge in [0.1, 0.15) is 0 Å². The van der Waals surface area contributed by atoms with Crippen LogP contribution in [0.3, 0.4) is 0 Å². The molecule has 0 aromatic heterocycles. The van der Waals surface area contributed by atoms with Crippen LogP contribution in [0.15, 0.2) is 24.3 Å². The predicted molar refractivity (Wildman–Crippen MR) is 74.3 cm³/mol. The molecule has 1 aliphatic heterocycles. The SMILES string of the molecule is O=C(OCC1CC=CCC1)c1cc(Cl)c2c(c1)OCO2. The van der Waals surface area contributed by atoms with Crippen molar-refractivity contribution in [3.05, 3.63) is 34.9 Å². The van der Waals surface area contributed by atoms with Crippen LogP contribution in [0.25, 0.3) is 0 Å². The molecule has 0 saturated heterocycles. The van der Waals surface area contributed by atoms with Crippen molar-refractivity contribution >= 4 is 17.6 Å². The number of hydrogen-bond acceptors (Lipinski definition) is 4. The van der Waals surface area contributed by atoms with E-state index in [-0.39, 0.29) is 12.8 Å². The minimum Gasteiger partial charge on any atom is -0.462 e. The number of hydrogen-bond donors (Lipinski definition) is 0. The zero-order valence-corrected chi connectivity index (χ0v) is 11.7. The second-order valence-electron chi connectivity index (χ2n) is 4.94. The normalized spacial score (nSPS) is 19.9. The molecule has 106 valence electrons. The van der Waals surface area contributed by atoms with Crippen LogP contribution in [0.5, 0.6) is 11.5 Å². The summed E-state index contributed by atoms with van der Waals surface area (Å²) >= 11 is 6.05. The molecule has 0 fully saturated rings. The van der Waals surface area contributed by atoms with Crippen molar-refractivity contribution in [1.29, 1.82) is 0 Å². The summed E-state index contributed by atoms with van der Waals surface area (Å²) in [7, 11) is 0. The zero-order chi connectivity index (χ0) is 13.9. The third kappa shape index (κ3) is 2.75. The van der Waals surface area contributed by atoms with Gasteiger partial charge in [0, 0.05) is 0 Å². The van der Waals surface area contributed by atoms with Crippen LogP contribution in [0.1, 0.15) is 29.6 Å². The summed E-state index contributed by atoms with van der Waals surface area (Å²) in [6.45, 7) is 0.567. The molecule has 5 heteroatoms. The maximum absolute atomic E-state index is 12.0. The molecule has 0 radical (unpaired) electrons. The minimum absolute atomic E-state index is 0.127. The maximum atomic E-state index is 12.0. The fraction of sp³-hybridized carbons (Fsp3) is 0.400. The second-order valence-corrected chi connectivity index (χ2v) is 5.35. The lowest BCUT2D eigenvalue weighted by molar-refractivity contribution is 0.0432. The van der Waals surface area contributed by atoms with Gasteiger partial charge in [-0.1, -0.05) is 23.8 Å². The van der Waals surface area contributed by atoms with Gasteiger partial charge in [0.2, 0.25) is 6.79 Å². The zero-order valence-electron chi connectivity index (χ0n) is 10.9. The van der Waals surface area contributed by atoms with Gasteiger partial charge in [-0.05, 0) is 37.3 Å². The van der Waals surface area contributed by atoms with Crippen molar-refractivity contribution in [3.8, 4) is 11.5 Å². The van der Waals surface area contributed by atoms with Gasteiger partial charge in [0.15, 0.2) is 11.5 Å². The van der Waals surface area contributed by atoms with Crippen LogP contribution < -0.4 is 9.47 Å². The number of esters is 1. The fourth-order valence-corrected chi connectivity index (χ4v) is 2.64. The Balaban J connectivity index is 1.65. The predicted octanol–water partition coefficient (Wildman–Crippen LogP) is 3.58. The number of ether oxygens (including phenoxy) is 3. The Morgan fingerprint density at radius 2 is 2.25 bits per heavy atom. The molecular weight excluding hydrogens is 280 g/mol. The van der Waals surface area contributed by atoms with E-state index in [1.165, 1.54) is 0 Å². The van der Waals surface area contributed by atoms with Crippen molar-refractivity contribution in [2.75, 3.05) is 13.4 Å². The highest BCUT2D eigenvalue weighted by atomic mass is 35.5. The van der Waals surface area contributed by atoms with Crippen LogP contribution in [0.4, 0.5) is 0 Å². The first-order valence-electron chi connectivity index (χ1n) is 6.65. The monoisotopic (exact) mass is 294 g/mol. The summed E-state index contributed by atoms with van der Waals surface area (Å²) < 4.78 is 15.8. The topological polar surface area (TPSA) is 44.8 Å². The van der Waals surface area contributed by atoms with E-state index in [9.17, 15) is 4.79 Å². The van der Waals surface area contributed by atoms with E-state index in [2.05, 4.69) is 12.2 Å². The Morgan fingerprint density at radius 1 is 1.35 bits per heavy atom. The highest BCUT2D eigenvalue weighted by Crippen LogP contribution is 2.39. The van der Waals surface area contributed by atoms with Crippen molar-refractivity contribution < 1.29 is 19.0 Å². The quantitative estimate of drug-likeness (QED) is 0.631. The summed E-state index contributed by atoms with van der Waals surface area (Å²) in [6.07, 6.45) is 7.38. The number of carbonyl (C=O) groups excluding carboxylic acids is 1. The van der Waals surface area contributed by atoms with Gasteiger partial charge in [-0.2, -0.15) is 0 Å². The van der Waals surface area contributed by atoms with Gasteiger partial charge in [-0.3, -0.25) is 0 Å². The van der Waals surface area contributed by atoms with Crippen LogP contribution >= 0.6 is 11.6 Å². The van der Waals surface area contributed by atoms with E-state index in [0.29, 0.717) is 34.6 Å². The molecule has 3 rings (SSSR count). The molecule has 1 aromatic carbocycles. The number of carbonyl (C=O) groups is 1. The van der Waals surface area contributed by atoms with Gasteiger partial charge in [-0.25, -0.2) is 4.79 Å². The van der Waals surface area contributed by atoms with E-state index in [1.807, 2.05) is 0 Å². The van der Waals surface area contributed by atoms with Crippen LogP contribution in [-0.4, -0.2) is 19.4 Å². The van der Waals surface area contributed by atoms with E-state index >= 15 is 0 Å². The van der Waals surface area contributed by atoms with E-state index in [1.54, 1.807) is 12.1 Å². The second kappa shape index (κ2) is 5.75. The number of fused-ring (bicyclic) bond motifs is 1. The minimum atomic E-state index is -0.375. The molecular formula is C15H15ClO4. The molecule has 0 N–H and O–H groups in total. The molecule has 0 spiro atoms. The lowest BCUT2D eigenvalue weighted by Gasteiger charge is -2.17. The molecule has 0 amide bonds.